The van der Waals surface area contributed by atoms with Gasteiger partial charge in [-0.2, -0.15) is 10.5 Å². The van der Waals surface area contributed by atoms with E-state index in [-0.39, 0.29) is 0 Å². The van der Waals surface area contributed by atoms with E-state index in [1.807, 2.05) is 18.2 Å². The van der Waals surface area contributed by atoms with Crippen LogP contribution in [0.4, 0.5) is 0 Å². The highest BCUT2D eigenvalue weighted by molar-refractivity contribution is 5.24. The average Bonchev–Trinajstić information content (AvgIpc) is 2.30. The zero-order valence-corrected chi connectivity index (χ0v) is 8.48. The summed E-state index contributed by atoms with van der Waals surface area (Å²) in [5.74, 6) is 0. The predicted octanol–water partition coefficient (Wildman–Crippen LogP) is 1.91. The van der Waals surface area contributed by atoms with Crippen LogP contribution in [0.15, 0.2) is 36.9 Å². The third-order valence-corrected chi connectivity index (χ3v) is 1.66. The molecule has 0 aromatic heterocycles. The van der Waals surface area contributed by atoms with Crippen molar-refractivity contribution < 1.29 is 0 Å². The highest BCUT2D eigenvalue weighted by Gasteiger charge is 1.90. The first kappa shape index (κ1) is 12.9. The summed E-state index contributed by atoms with van der Waals surface area (Å²) in [5.41, 5.74) is 7.95. The Morgan fingerprint density at radius 1 is 1.27 bits per heavy atom. The summed E-state index contributed by atoms with van der Waals surface area (Å²) >= 11 is 0. The van der Waals surface area contributed by atoms with Crippen molar-refractivity contribution in [3.05, 3.63) is 48.0 Å². The van der Waals surface area contributed by atoms with Crippen LogP contribution >= 0.6 is 0 Å². The lowest BCUT2D eigenvalue weighted by Crippen LogP contribution is -1.96. The van der Waals surface area contributed by atoms with Gasteiger partial charge in [-0.1, -0.05) is 30.3 Å². The molecule has 2 N–H and O–H groups in total. The largest absolute Gasteiger partial charge is 0.326 e. The molecule has 1 aromatic carbocycles. The SMILES string of the molecule is C=CCc1cccc(CN)c1.N#CC#N. The quantitative estimate of drug-likeness (QED) is 0.755. The summed E-state index contributed by atoms with van der Waals surface area (Å²) in [6.07, 6.45) is 2.82. The van der Waals surface area contributed by atoms with E-state index in [2.05, 4.69) is 18.7 Å². The Labute approximate surface area is 90.1 Å². The van der Waals surface area contributed by atoms with E-state index in [9.17, 15) is 0 Å². The molecule has 0 fully saturated rings. The fraction of sp³-hybridized carbons (Fsp3) is 0.167. The van der Waals surface area contributed by atoms with E-state index < -0.39 is 0 Å². The zero-order chi connectivity index (χ0) is 11.5. The molecule has 0 heterocycles. The molecule has 0 bridgehead atoms. The van der Waals surface area contributed by atoms with Crippen LogP contribution in [0.3, 0.4) is 0 Å². The molecule has 0 saturated heterocycles. The van der Waals surface area contributed by atoms with E-state index in [4.69, 9.17) is 16.3 Å². The Morgan fingerprint density at radius 3 is 2.33 bits per heavy atom. The zero-order valence-electron chi connectivity index (χ0n) is 8.48. The van der Waals surface area contributed by atoms with Gasteiger partial charge in [0.05, 0.1) is 0 Å². The molecule has 0 saturated carbocycles. The molecule has 0 atom stereocenters. The van der Waals surface area contributed by atoms with Gasteiger partial charge in [0, 0.05) is 6.54 Å². The molecule has 0 unspecified atom stereocenters. The Morgan fingerprint density at radius 2 is 1.87 bits per heavy atom. The lowest BCUT2D eigenvalue weighted by atomic mass is 10.1. The maximum absolute atomic E-state index is 7.26. The molecule has 1 aromatic rings. The third kappa shape index (κ3) is 6.04. The second-order valence-corrected chi connectivity index (χ2v) is 2.74. The average molecular weight is 199 g/mol. The summed E-state index contributed by atoms with van der Waals surface area (Å²) in [6.45, 7) is 4.30. The fourth-order valence-corrected chi connectivity index (χ4v) is 1.05. The number of hydrogen-bond acceptors (Lipinski definition) is 3. The van der Waals surface area contributed by atoms with Crippen LogP contribution in [0.5, 0.6) is 0 Å². The second kappa shape index (κ2) is 8.50. The highest BCUT2D eigenvalue weighted by Crippen LogP contribution is 2.05. The lowest BCUT2D eigenvalue weighted by Gasteiger charge is -1.99. The van der Waals surface area contributed by atoms with Crippen molar-refractivity contribution >= 4 is 0 Å². The van der Waals surface area contributed by atoms with Crippen LogP contribution < -0.4 is 5.73 Å². The Kier molecular flexibility index (Phi) is 7.31. The molecule has 1 rings (SSSR count). The molecular formula is C12H13N3. The number of nitrogens with zero attached hydrogens (tertiary/aromatic N) is 2. The predicted molar refractivity (Wildman–Crippen MR) is 59.5 cm³/mol. The lowest BCUT2D eigenvalue weighted by molar-refractivity contribution is 1.06. The number of allylic oxidation sites excluding steroid dienone is 1. The van der Waals surface area contributed by atoms with Crippen LogP contribution in [0, 0.1) is 22.7 Å². The van der Waals surface area contributed by atoms with Gasteiger partial charge in [-0.3, -0.25) is 0 Å². The second-order valence-electron chi connectivity index (χ2n) is 2.74. The van der Waals surface area contributed by atoms with E-state index in [0.29, 0.717) is 6.54 Å². The van der Waals surface area contributed by atoms with Gasteiger partial charge in [0.1, 0.15) is 0 Å². The van der Waals surface area contributed by atoms with E-state index in [1.165, 1.54) is 23.3 Å². The number of nitrogens with two attached hydrogens (primary N) is 1. The van der Waals surface area contributed by atoms with Crippen molar-refractivity contribution in [2.24, 2.45) is 5.73 Å². The molecule has 0 aliphatic carbocycles. The summed E-state index contributed by atoms with van der Waals surface area (Å²) in [7, 11) is 0. The summed E-state index contributed by atoms with van der Waals surface area (Å²) in [6, 6.07) is 10.7. The molecule has 3 heteroatoms. The Hall–Kier alpha value is -2.10. The molecule has 15 heavy (non-hydrogen) atoms. The van der Waals surface area contributed by atoms with Gasteiger partial charge in [-0.15, -0.1) is 6.58 Å². The van der Waals surface area contributed by atoms with Crippen LogP contribution in [-0.4, -0.2) is 0 Å². The molecule has 0 aliphatic rings. The number of rotatable bonds is 3. The van der Waals surface area contributed by atoms with Gasteiger partial charge in [-0.25, -0.2) is 0 Å². The minimum atomic E-state index is 0.616. The Balaban J connectivity index is 0.000000423. The fourth-order valence-electron chi connectivity index (χ4n) is 1.05. The van der Waals surface area contributed by atoms with Crippen molar-refractivity contribution in [2.45, 2.75) is 13.0 Å². The van der Waals surface area contributed by atoms with Gasteiger partial charge in [0.25, 0.3) is 0 Å². The smallest absolute Gasteiger partial charge is 0.181 e. The van der Waals surface area contributed by atoms with Crippen LogP contribution in [0.25, 0.3) is 0 Å². The molecule has 76 valence electrons. The first-order valence-electron chi connectivity index (χ1n) is 4.45. The van der Waals surface area contributed by atoms with Gasteiger partial charge < -0.3 is 5.73 Å². The molecule has 0 aliphatic heterocycles. The van der Waals surface area contributed by atoms with E-state index in [1.54, 1.807) is 0 Å². The van der Waals surface area contributed by atoms with Gasteiger partial charge in [-0.05, 0) is 17.5 Å². The van der Waals surface area contributed by atoms with Crippen LogP contribution in [0.2, 0.25) is 0 Å². The molecule has 0 radical (unpaired) electrons. The molecular weight excluding hydrogens is 186 g/mol. The van der Waals surface area contributed by atoms with Crippen LogP contribution in [-0.2, 0) is 13.0 Å². The maximum atomic E-state index is 7.26. The minimum Gasteiger partial charge on any atom is -0.326 e. The minimum absolute atomic E-state index is 0.616. The standard InChI is InChI=1S/C10H13N.C2N2/c1-2-4-9-5-3-6-10(7-9)8-11;3-1-2-4/h2-3,5-7H,1,4,8,11H2;. The van der Waals surface area contributed by atoms with Gasteiger partial charge in [0.15, 0.2) is 12.1 Å². The highest BCUT2D eigenvalue weighted by atomic mass is 14.5. The topological polar surface area (TPSA) is 73.6 Å². The summed E-state index contributed by atoms with van der Waals surface area (Å²) in [5, 5.41) is 14.5. The third-order valence-electron chi connectivity index (χ3n) is 1.66. The first-order chi connectivity index (χ1) is 7.28. The summed E-state index contributed by atoms with van der Waals surface area (Å²) in [4.78, 5) is 0. The Bertz CT molecular complexity index is 371. The van der Waals surface area contributed by atoms with Crippen molar-refractivity contribution in [1.82, 2.24) is 0 Å². The normalized spacial score (nSPS) is 7.67. The maximum Gasteiger partial charge on any atom is 0.181 e. The number of benzene rings is 1. The van der Waals surface area contributed by atoms with Gasteiger partial charge in [0.2, 0.25) is 0 Å². The monoisotopic (exact) mass is 199 g/mol. The van der Waals surface area contributed by atoms with Crippen molar-refractivity contribution in [2.75, 3.05) is 0 Å². The van der Waals surface area contributed by atoms with Gasteiger partial charge >= 0.3 is 0 Å². The number of hydrogen-bond donors (Lipinski definition) is 1. The summed E-state index contributed by atoms with van der Waals surface area (Å²) < 4.78 is 0. The van der Waals surface area contributed by atoms with Crippen molar-refractivity contribution in [3.63, 3.8) is 0 Å². The first-order valence-corrected chi connectivity index (χ1v) is 4.45. The molecule has 3 nitrogen and oxygen atoms in total. The van der Waals surface area contributed by atoms with Crippen LogP contribution in [0.1, 0.15) is 11.1 Å². The number of nitriles is 2. The molecule has 0 spiro atoms. The van der Waals surface area contributed by atoms with E-state index >= 15 is 0 Å². The van der Waals surface area contributed by atoms with Crippen molar-refractivity contribution in [3.8, 4) is 12.1 Å². The van der Waals surface area contributed by atoms with E-state index in [0.717, 1.165) is 6.42 Å². The van der Waals surface area contributed by atoms with Crippen molar-refractivity contribution in [1.29, 1.82) is 10.5 Å². The molecule has 0 amide bonds.